The molecule has 22 heavy (non-hydrogen) atoms. The molecule has 2 aromatic heterocycles. The summed E-state index contributed by atoms with van der Waals surface area (Å²) in [5, 5.41) is 7.93. The predicted octanol–water partition coefficient (Wildman–Crippen LogP) is 5.05. The molecule has 3 nitrogen and oxygen atoms in total. The fraction of sp³-hybridized carbons (Fsp3) is 0.176. The van der Waals surface area contributed by atoms with Crippen molar-refractivity contribution < 1.29 is 4.79 Å². The van der Waals surface area contributed by atoms with E-state index in [1.54, 1.807) is 11.3 Å². The molecule has 0 aliphatic heterocycles. The van der Waals surface area contributed by atoms with E-state index in [1.165, 1.54) is 11.3 Å². The van der Waals surface area contributed by atoms with Crippen molar-refractivity contribution in [2.75, 3.05) is 5.32 Å². The van der Waals surface area contributed by atoms with Gasteiger partial charge in [0, 0.05) is 16.6 Å². The van der Waals surface area contributed by atoms with Crippen LogP contribution in [-0.4, -0.2) is 10.9 Å². The quantitative estimate of drug-likeness (QED) is 0.731. The lowest BCUT2D eigenvalue weighted by Gasteiger charge is -2.06. The first-order chi connectivity index (χ1) is 10.5. The van der Waals surface area contributed by atoms with Crippen LogP contribution in [0.5, 0.6) is 0 Å². The van der Waals surface area contributed by atoms with Crippen molar-refractivity contribution in [1.29, 1.82) is 0 Å². The van der Waals surface area contributed by atoms with Crippen LogP contribution in [0.4, 0.5) is 5.69 Å². The Bertz CT molecular complexity index is 799. The maximum absolute atomic E-state index is 12.5. The summed E-state index contributed by atoms with van der Waals surface area (Å²) in [6.45, 7) is 5.92. The number of nitrogens with zero attached hydrogens (tertiary/aromatic N) is 1. The summed E-state index contributed by atoms with van der Waals surface area (Å²) in [5.41, 5.74) is 4.94. The van der Waals surface area contributed by atoms with Gasteiger partial charge in [0.2, 0.25) is 0 Å². The lowest BCUT2D eigenvalue weighted by atomic mass is 10.1. The Kier molecular flexibility index (Phi) is 4.09. The predicted molar refractivity (Wildman–Crippen MR) is 94.0 cm³/mol. The van der Waals surface area contributed by atoms with Gasteiger partial charge in [0.15, 0.2) is 0 Å². The van der Waals surface area contributed by atoms with Gasteiger partial charge in [-0.25, -0.2) is 4.98 Å². The van der Waals surface area contributed by atoms with Crippen molar-refractivity contribution in [3.8, 4) is 10.6 Å². The van der Waals surface area contributed by atoms with Crippen molar-refractivity contribution >= 4 is 34.3 Å². The summed E-state index contributed by atoms with van der Waals surface area (Å²) in [6, 6.07) is 8.05. The zero-order valence-electron chi connectivity index (χ0n) is 12.6. The molecule has 1 amide bonds. The first-order valence-corrected chi connectivity index (χ1v) is 8.68. The highest BCUT2D eigenvalue weighted by molar-refractivity contribution is 7.17. The number of rotatable bonds is 3. The molecular weight excluding hydrogens is 312 g/mol. The van der Waals surface area contributed by atoms with Crippen molar-refractivity contribution in [2.24, 2.45) is 0 Å². The zero-order chi connectivity index (χ0) is 15.7. The lowest BCUT2D eigenvalue weighted by molar-refractivity contribution is 0.103. The van der Waals surface area contributed by atoms with Crippen molar-refractivity contribution in [2.45, 2.75) is 20.8 Å². The van der Waals surface area contributed by atoms with Gasteiger partial charge in [0.25, 0.3) is 5.91 Å². The molecule has 0 radical (unpaired) electrons. The molecule has 0 saturated heterocycles. The molecule has 0 spiro atoms. The number of benzene rings is 1. The molecule has 0 saturated carbocycles. The molecule has 1 aromatic carbocycles. The Morgan fingerprint density at radius 2 is 1.86 bits per heavy atom. The van der Waals surface area contributed by atoms with Crippen molar-refractivity contribution in [1.82, 2.24) is 4.98 Å². The Balaban J connectivity index is 1.86. The molecule has 0 atom stereocenters. The maximum Gasteiger partial charge on any atom is 0.267 e. The smallest absolute Gasteiger partial charge is 0.267 e. The zero-order valence-corrected chi connectivity index (χ0v) is 14.3. The van der Waals surface area contributed by atoms with Crippen LogP contribution in [0.1, 0.15) is 26.5 Å². The van der Waals surface area contributed by atoms with Gasteiger partial charge in [-0.05, 0) is 55.5 Å². The fourth-order valence-electron chi connectivity index (χ4n) is 2.35. The molecule has 112 valence electrons. The summed E-state index contributed by atoms with van der Waals surface area (Å²) in [5.74, 6) is -0.0959. The van der Waals surface area contributed by atoms with Gasteiger partial charge in [0.05, 0.1) is 5.69 Å². The first-order valence-electron chi connectivity index (χ1n) is 6.92. The third kappa shape index (κ3) is 3.10. The maximum atomic E-state index is 12.5. The van der Waals surface area contributed by atoms with Crippen LogP contribution in [0.15, 0.2) is 35.0 Å². The number of hydrogen-bond acceptors (Lipinski definition) is 4. The van der Waals surface area contributed by atoms with Crippen LogP contribution in [0.25, 0.3) is 10.6 Å². The number of hydrogen-bond donors (Lipinski definition) is 1. The Morgan fingerprint density at radius 3 is 2.50 bits per heavy atom. The van der Waals surface area contributed by atoms with E-state index >= 15 is 0 Å². The van der Waals surface area contributed by atoms with E-state index in [0.29, 0.717) is 4.88 Å². The minimum atomic E-state index is -0.0959. The van der Waals surface area contributed by atoms with Gasteiger partial charge in [-0.15, -0.1) is 11.3 Å². The minimum Gasteiger partial charge on any atom is -0.321 e. The molecule has 0 fully saturated rings. The normalized spacial score (nSPS) is 10.7. The minimum absolute atomic E-state index is 0.0959. The first kappa shape index (κ1) is 14.9. The summed E-state index contributed by atoms with van der Waals surface area (Å²) >= 11 is 3.07. The second-order valence-electron chi connectivity index (χ2n) is 5.28. The fourth-order valence-corrected chi connectivity index (χ4v) is 4.02. The van der Waals surface area contributed by atoms with Crippen molar-refractivity contribution in [3.63, 3.8) is 0 Å². The summed E-state index contributed by atoms with van der Waals surface area (Å²) in [7, 11) is 0. The Labute approximate surface area is 137 Å². The van der Waals surface area contributed by atoms with Gasteiger partial charge < -0.3 is 5.32 Å². The second-order valence-corrected chi connectivity index (χ2v) is 7.06. The van der Waals surface area contributed by atoms with Crippen LogP contribution in [0.3, 0.4) is 0 Å². The van der Waals surface area contributed by atoms with Crippen LogP contribution in [-0.2, 0) is 0 Å². The van der Waals surface area contributed by atoms with Crippen LogP contribution in [0, 0.1) is 20.8 Å². The topological polar surface area (TPSA) is 42.0 Å². The van der Waals surface area contributed by atoms with Crippen LogP contribution < -0.4 is 5.32 Å². The Morgan fingerprint density at radius 1 is 1.14 bits per heavy atom. The molecular formula is C17H16N2OS2. The van der Waals surface area contributed by atoms with Gasteiger partial charge >= 0.3 is 0 Å². The molecule has 0 unspecified atom stereocenters. The monoisotopic (exact) mass is 328 g/mol. The van der Waals surface area contributed by atoms with E-state index in [4.69, 9.17) is 0 Å². The second kappa shape index (κ2) is 6.02. The summed E-state index contributed by atoms with van der Waals surface area (Å²) in [6.07, 6.45) is 0. The van der Waals surface area contributed by atoms with Gasteiger partial charge in [-0.2, -0.15) is 11.3 Å². The molecule has 0 bridgehead atoms. The molecule has 0 aliphatic carbocycles. The molecule has 0 aliphatic rings. The van der Waals surface area contributed by atoms with Crippen LogP contribution in [0.2, 0.25) is 0 Å². The van der Waals surface area contributed by atoms with Crippen molar-refractivity contribution in [3.05, 3.63) is 56.7 Å². The van der Waals surface area contributed by atoms with Gasteiger partial charge in [-0.3, -0.25) is 4.79 Å². The number of thiophene rings is 1. The molecule has 5 heteroatoms. The highest BCUT2D eigenvalue weighted by atomic mass is 32.1. The Hall–Kier alpha value is -1.98. The largest absolute Gasteiger partial charge is 0.321 e. The molecule has 3 aromatic rings. The van der Waals surface area contributed by atoms with Gasteiger partial charge in [-0.1, -0.05) is 6.07 Å². The number of carbonyl (C=O) groups is 1. The number of thiazole rings is 1. The van der Waals surface area contributed by atoms with E-state index in [1.807, 2.05) is 49.7 Å². The summed E-state index contributed by atoms with van der Waals surface area (Å²) in [4.78, 5) is 17.7. The van der Waals surface area contributed by atoms with E-state index in [9.17, 15) is 4.79 Å². The molecule has 1 N–H and O–H groups in total. The lowest BCUT2D eigenvalue weighted by Crippen LogP contribution is -2.11. The number of aromatic nitrogens is 1. The van der Waals surface area contributed by atoms with E-state index in [-0.39, 0.29) is 5.91 Å². The van der Waals surface area contributed by atoms with Crippen LogP contribution >= 0.6 is 22.7 Å². The SMILES string of the molecule is Cc1cc(C)cc(NC(=O)c2sc(-c3ccsc3)nc2C)c1. The number of amides is 1. The molecule has 2 heterocycles. The molecule has 3 rings (SSSR count). The highest BCUT2D eigenvalue weighted by Gasteiger charge is 2.16. The third-order valence-corrected chi connectivity index (χ3v) is 5.14. The number of anilines is 1. The highest BCUT2D eigenvalue weighted by Crippen LogP contribution is 2.30. The average molecular weight is 328 g/mol. The number of nitrogens with one attached hydrogen (secondary N) is 1. The number of carbonyl (C=O) groups excluding carboxylic acids is 1. The standard InChI is InChI=1S/C17H16N2OS2/c1-10-6-11(2)8-14(7-10)19-16(20)15-12(3)18-17(22-15)13-4-5-21-9-13/h4-9H,1-3H3,(H,19,20). The average Bonchev–Trinajstić information content (AvgIpc) is 3.05. The van der Waals surface area contributed by atoms with E-state index in [2.05, 4.69) is 16.4 Å². The summed E-state index contributed by atoms with van der Waals surface area (Å²) < 4.78 is 0. The van der Waals surface area contributed by atoms with E-state index in [0.717, 1.165) is 33.1 Å². The van der Waals surface area contributed by atoms with E-state index < -0.39 is 0 Å². The van der Waals surface area contributed by atoms with Gasteiger partial charge in [0.1, 0.15) is 9.88 Å². The third-order valence-electron chi connectivity index (χ3n) is 3.25. The number of aryl methyl sites for hydroxylation is 3.